The van der Waals surface area contributed by atoms with Gasteiger partial charge in [0.25, 0.3) is 0 Å². The summed E-state index contributed by atoms with van der Waals surface area (Å²) in [4.78, 5) is 0. The molecule has 0 saturated heterocycles. The Kier molecular flexibility index (Phi) is 5.89. The largest absolute Gasteiger partial charge is 0.536 e. The first kappa shape index (κ1) is 20.5. The quantitative estimate of drug-likeness (QED) is 0.312. The van der Waals surface area contributed by atoms with Gasteiger partial charge >= 0.3 is 21.8 Å². The fourth-order valence-corrected chi connectivity index (χ4v) is 3.00. The monoisotopic (exact) mass is 403 g/mol. The molecule has 0 bridgehead atoms. The molecule has 0 unspecified atom stereocenters. The molecule has 1 aromatic rings. The first-order valence-corrected chi connectivity index (χ1v) is 9.08. The molecule has 1 aromatic carbocycles. The van der Waals surface area contributed by atoms with Crippen molar-refractivity contribution in [3.05, 3.63) is 35.4 Å². The van der Waals surface area contributed by atoms with E-state index in [0.29, 0.717) is 0 Å². The molecule has 0 heterocycles. The molecule has 0 amide bonds. The van der Waals surface area contributed by atoms with E-state index in [4.69, 9.17) is 0 Å². The zero-order valence-electron chi connectivity index (χ0n) is 13.3. The average Bonchev–Trinajstić information content (AvgIpc) is 2.54. The van der Waals surface area contributed by atoms with E-state index in [1.165, 1.54) is 12.1 Å². The van der Waals surface area contributed by atoms with Crippen molar-refractivity contribution in [2.45, 2.75) is 49.7 Å². The summed E-state index contributed by atoms with van der Waals surface area (Å²) >= 11 is 0. The van der Waals surface area contributed by atoms with E-state index in [0.717, 1.165) is 49.8 Å². The highest BCUT2D eigenvalue weighted by Gasteiger charge is 2.49. The van der Waals surface area contributed by atoms with Gasteiger partial charge < -0.3 is 0 Å². The van der Waals surface area contributed by atoms with Crippen LogP contribution in [0.5, 0.6) is 0 Å². The van der Waals surface area contributed by atoms with E-state index in [1.54, 1.807) is 0 Å². The maximum absolute atomic E-state index is 13.0. The second-order valence-electron chi connectivity index (χ2n) is 5.87. The summed E-state index contributed by atoms with van der Waals surface area (Å²) in [5, 5.41) is 2.23. The van der Waals surface area contributed by atoms with Crippen LogP contribution in [0, 0.1) is 0 Å². The molecule has 11 heteroatoms. The first-order chi connectivity index (χ1) is 11.9. The van der Waals surface area contributed by atoms with Crippen LogP contribution in [-0.2, 0) is 14.4 Å². The molecule has 146 valence electrons. The molecule has 1 saturated carbocycles. The van der Waals surface area contributed by atoms with Crippen LogP contribution in [-0.4, -0.2) is 25.8 Å². The van der Waals surface area contributed by atoms with E-state index in [2.05, 4.69) is 9.44 Å². The molecule has 4 nitrogen and oxygen atoms in total. The summed E-state index contributed by atoms with van der Waals surface area (Å²) in [6.45, 7) is 0. The number of rotatable bonds is 4. The Morgan fingerprint density at radius 1 is 0.962 bits per heavy atom. The summed E-state index contributed by atoms with van der Waals surface area (Å²) in [6, 6.07) is 4.95. The van der Waals surface area contributed by atoms with Gasteiger partial charge in [-0.05, 0) is 24.3 Å². The van der Waals surface area contributed by atoms with Crippen molar-refractivity contribution in [3.8, 4) is 0 Å². The number of alkyl halides is 6. The first-order valence-electron chi connectivity index (χ1n) is 7.67. The minimum Gasteiger partial charge on any atom is -0.261 e. The molecule has 1 aliphatic carbocycles. The number of nitrogens with zero attached hydrogens (tertiary/aromatic N) is 1. The predicted octanol–water partition coefficient (Wildman–Crippen LogP) is 4.87. The Balaban J connectivity index is 2.28. The van der Waals surface area contributed by atoms with Gasteiger partial charge in [0.05, 0.1) is 0 Å². The van der Waals surface area contributed by atoms with Gasteiger partial charge in [0.2, 0.25) is 0 Å². The van der Waals surface area contributed by atoms with Crippen LogP contribution < -0.4 is 0 Å². The second kappa shape index (κ2) is 7.45. The van der Waals surface area contributed by atoms with Crippen LogP contribution in [0.4, 0.5) is 26.3 Å². The number of halogens is 6. The smallest absolute Gasteiger partial charge is 0.261 e. The Bertz CT molecular complexity index is 747. The van der Waals surface area contributed by atoms with Gasteiger partial charge in [0.1, 0.15) is 0 Å². The van der Waals surface area contributed by atoms with Gasteiger partial charge in [-0.3, -0.25) is 4.28 Å². The van der Waals surface area contributed by atoms with E-state index < -0.39 is 33.1 Å². The van der Waals surface area contributed by atoms with E-state index >= 15 is 0 Å². The number of oxime groups is 1. The standard InChI is InChI=1S/C15H15F6NO3S/c16-14(17,18)13(22-25-26(23,24)15(19,20)21)12-8-6-11(7-9-12)10-4-2-1-3-5-10/h6-10H,1-5H2/b22-13-. The summed E-state index contributed by atoms with van der Waals surface area (Å²) in [7, 11) is -6.27. The van der Waals surface area contributed by atoms with E-state index in [-0.39, 0.29) is 5.92 Å². The lowest BCUT2D eigenvalue weighted by molar-refractivity contribution is -0.0633. The third-order valence-corrected chi connectivity index (χ3v) is 4.88. The van der Waals surface area contributed by atoms with Crippen LogP contribution in [0.2, 0.25) is 0 Å². The summed E-state index contributed by atoms with van der Waals surface area (Å²) in [6.07, 6.45) is -0.243. The van der Waals surface area contributed by atoms with Crippen LogP contribution in [0.1, 0.15) is 49.1 Å². The van der Waals surface area contributed by atoms with Crippen LogP contribution in [0.3, 0.4) is 0 Å². The van der Waals surface area contributed by atoms with Crippen molar-refractivity contribution in [1.82, 2.24) is 0 Å². The topological polar surface area (TPSA) is 55.7 Å². The minimum atomic E-state index is -6.27. The highest BCUT2D eigenvalue weighted by atomic mass is 32.2. The van der Waals surface area contributed by atoms with Gasteiger partial charge in [0, 0.05) is 5.56 Å². The molecule has 0 radical (unpaired) electrons. The fourth-order valence-electron chi connectivity index (χ4n) is 2.75. The molecular weight excluding hydrogens is 388 g/mol. The third-order valence-electron chi connectivity index (χ3n) is 4.04. The molecule has 0 aliphatic heterocycles. The Morgan fingerprint density at radius 2 is 1.50 bits per heavy atom. The summed E-state index contributed by atoms with van der Waals surface area (Å²) in [5.74, 6) is 0.214. The second-order valence-corrected chi connectivity index (χ2v) is 7.39. The van der Waals surface area contributed by atoms with Gasteiger partial charge in [-0.15, -0.1) is 0 Å². The maximum Gasteiger partial charge on any atom is 0.536 e. The lowest BCUT2D eigenvalue weighted by atomic mass is 9.84. The number of hydrogen-bond acceptors (Lipinski definition) is 4. The molecule has 1 fully saturated rings. The predicted molar refractivity (Wildman–Crippen MR) is 80.9 cm³/mol. The zero-order chi connectivity index (χ0) is 19.6. The van der Waals surface area contributed by atoms with Gasteiger partial charge in [-0.25, -0.2) is 0 Å². The van der Waals surface area contributed by atoms with Crippen molar-refractivity contribution < 1.29 is 39.0 Å². The highest BCUT2D eigenvalue weighted by molar-refractivity contribution is 7.87. The Labute approximate surface area is 146 Å². The van der Waals surface area contributed by atoms with E-state index in [1.807, 2.05) is 0 Å². The molecule has 26 heavy (non-hydrogen) atoms. The van der Waals surface area contributed by atoms with Crippen LogP contribution in [0.15, 0.2) is 29.4 Å². The number of hydrogen-bond donors (Lipinski definition) is 0. The van der Waals surface area contributed by atoms with Crippen molar-refractivity contribution in [2.75, 3.05) is 0 Å². The normalized spacial score (nSPS) is 18.0. The van der Waals surface area contributed by atoms with Crippen molar-refractivity contribution in [3.63, 3.8) is 0 Å². The maximum atomic E-state index is 13.0. The molecule has 0 spiro atoms. The van der Waals surface area contributed by atoms with Crippen LogP contribution in [0.25, 0.3) is 0 Å². The molecule has 1 aliphatic rings. The molecule has 0 atom stereocenters. The Hall–Kier alpha value is -1.78. The number of benzene rings is 1. The van der Waals surface area contributed by atoms with Crippen LogP contribution >= 0.6 is 0 Å². The van der Waals surface area contributed by atoms with Crippen molar-refractivity contribution in [2.24, 2.45) is 5.16 Å². The van der Waals surface area contributed by atoms with Gasteiger partial charge in [-0.2, -0.15) is 34.8 Å². The molecular formula is C15H15F6NO3S. The minimum absolute atomic E-state index is 0.214. The van der Waals surface area contributed by atoms with Gasteiger partial charge in [0.15, 0.2) is 5.71 Å². The van der Waals surface area contributed by atoms with Crippen molar-refractivity contribution in [1.29, 1.82) is 0 Å². The zero-order valence-corrected chi connectivity index (χ0v) is 14.1. The Morgan fingerprint density at radius 3 is 1.96 bits per heavy atom. The third kappa shape index (κ3) is 4.89. The lowest BCUT2D eigenvalue weighted by Gasteiger charge is -2.22. The van der Waals surface area contributed by atoms with Crippen molar-refractivity contribution >= 4 is 15.8 Å². The molecule has 0 N–H and O–H groups in total. The van der Waals surface area contributed by atoms with Gasteiger partial charge in [-0.1, -0.05) is 48.7 Å². The molecule has 2 rings (SSSR count). The highest BCUT2D eigenvalue weighted by Crippen LogP contribution is 2.33. The summed E-state index contributed by atoms with van der Waals surface area (Å²) < 4.78 is 100. The molecule has 0 aromatic heterocycles. The summed E-state index contributed by atoms with van der Waals surface area (Å²) in [5.41, 5.74) is -7.51. The lowest BCUT2D eigenvalue weighted by Crippen LogP contribution is -2.28. The average molecular weight is 403 g/mol. The fraction of sp³-hybridized carbons (Fsp3) is 0.533. The van der Waals surface area contributed by atoms with E-state index in [9.17, 15) is 34.8 Å². The SMILES string of the molecule is O=S(=O)(O/N=C(/c1ccc(C2CCCCC2)cc1)C(F)(F)F)C(F)(F)F.